The highest BCUT2D eigenvalue weighted by atomic mass is 19.1. The van der Waals surface area contributed by atoms with E-state index in [0.717, 1.165) is 17.4 Å². The first-order valence-corrected chi connectivity index (χ1v) is 7.68. The Kier molecular flexibility index (Phi) is 3.79. The van der Waals surface area contributed by atoms with Gasteiger partial charge < -0.3 is 9.88 Å². The maximum Gasteiger partial charge on any atom is 0.147 e. The van der Waals surface area contributed by atoms with Crippen LogP contribution in [0.4, 0.5) is 4.39 Å². The molecule has 1 saturated carbocycles. The minimum absolute atomic E-state index is 0.122. The number of halogens is 1. The molecule has 0 spiro atoms. The zero-order chi connectivity index (χ0) is 14.1. The molecule has 20 heavy (non-hydrogen) atoms. The lowest BCUT2D eigenvalue weighted by Gasteiger charge is -2.17. The van der Waals surface area contributed by atoms with Gasteiger partial charge in [0.1, 0.15) is 5.82 Å². The number of hydrogen-bond acceptors (Lipinski definition) is 1. The molecule has 1 N–H and O–H groups in total. The van der Waals surface area contributed by atoms with Crippen molar-refractivity contribution in [2.75, 3.05) is 0 Å². The zero-order valence-electron chi connectivity index (χ0n) is 12.3. The van der Waals surface area contributed by atoms with E-state index in [1.807, 2.05) is 6.07 Å². The van der Waals surface area contributed by atoms with Crippen molar-refractivity contribution < 1.29 is 4.39 Å². The molecular weight excluding hydrogens is 251 g/mol. The molecule has 0 unspecified atom stereocenters. The van der Waals surface area contributed by atoms with Crippen molar-refractivity contribution >= 4 is 10.9 Å². The van der Waals surface area contributed by atoms with Gasteiger partial charge in [0, 0.05) is 29.7 Å². The van der Waals surface area contributed by atoms with Crippen molar-refractivity contribution in [1.29, 1.82) is 0 Å². The monoisotopic (exact) mass is 274 g/mol. The van der Waals surface area contributed by atoms with Crippen molar-refractivity contribution in [3.8, 4) is 0 Å². The molecule has 1 fully saturated rings. The number of nitrogens with one attached hydrogen (secondary N) is 1. The van der Waals surface area contributed by atoms with Gasteiger partial charge >= 0.3 is 0 Å². The summed E-state index contributed by atoms with van der Waals surface area (Å²) in [4.78, 5) is 0. The number of para-hydroxylation sites is 1. The normalized spacial score (nSPS) is 16.6. The molecule has 3 heteroatoms. The average molecular weight is 274 g/mol. The van der Waals surface area contributed by atoms with Gasteiger partial charge in [0.2, 0.25) is 0 Å². The Morgan fingerprint density at radius 2 is 2.05 bits per heavy atom. The van der Waals surface area contributed by atoms with Crippen LogP contribution in [0, 0.1) is 5.82 Å². The van der Waals surface area contributed by atoms with Gasteiger partial charge in [-0.25, -0.2) is 4.39 Å². The number of nitrogens with zero attached hydrogens (tertiary/aromatic N) is 1. The van der Waals surface area contributed by atoms with Crippen LogP contribution in [0.25, 0.3) is 10.9 Å². The minimum Gasteiger partial charge on any atom is -0.338 e. The van der Waals surface area contributed by atoms with Crippen LogP contribution in [0.3, 0.4) is 0 Å². The summed E-state index contributed by atoms with van der Waals surface area (Å²) in [6.07, 6.45) is 5.21. The van der Waals surface area contributed by atoms with Gasteiger partial charge in [-0.1, -0.05) is 25.0 Å². The molecule has 108 valence electrons. The second-order valence-corrected chi connectivity index (χ2v) is 6.14. The third kappa shape index (κ3) is 2.47. The quantitative estimate of drug-likeness (QED) is 0.874. The molecule has 1 aromatic heterocycles. The first-order valence-electron chi connectivity index (χ1n) is 7.68. The van der Waals surface area contributed by atoms with E-state index < -0.39 is 0 Å². The smallest absolute Gasteiger partial charge is 0.147 e. The maximum absolute atomic E-state index is 14.1. The summed E-state index contributed by atoms with van der Waals surface area (Å²) in [6, 6.07) is 8.37. The van der Waals surface area contributed by atoms with Gasteiger partial charge in [-0.15, -0.1) is 0 Å². The maximum atomic E-state index is 14.1. The van der Waals surface area contributed by atoms with Gasteiger partial charge in [0.05, 0.1) is 5.52 Å². The molecule has 0 amide bonds. The first-order chi connectivity index (χ1) is 9.66. The van der Waals surface area contributed by atoms with Crippen LogP contribution in [-0.4, -0.2) is 10.6 Å². The Balaban J connectivity index is 1.92. The van der Waals surface area contributed by atoms with Crippen molar-refractivity contribution in [3.05, 3.63) is 35.8 Å². The molecule has 1 aliphatic carbocycles. The summed E-state index contributed by atoms with van der Waals surface area (Å²) >= 11 is 0. The summed E-state index contributed by atoms with van der Waals surface area (Å²) in [6.45, 7) is 5.06. The molecule has 1 aromatic carbocycles. The fourth-order valence-electron chi connectivity index (χ4n) is 3.40. The van der Waals surface area contributed by atoms with Gasteiger partial charge in [-0.2, -0.15) is 0 Å². The van der Waals surface area contributed by atoms with E-state index in [1.165, 1.54) is 31.4 Å². The SMILES string of the molecule is CC(C)n1c(CNC2CCCC2)cc2cccc(F)c21. The van der Waals surface area contributed by atoms with E-state index in [-0.39, 0.29) is 11.9 Å². The third-order valence-corrected chi connectivity index (χ3v) is 4.33. The lowest BCUT2D eigenvalue weighted by atomic mass is 10.2. The van der Waals surface area contributed by atoms with Crippen LogP contribution in [0.2, 0.25) is 0 Å². The van der Waals surface area contributed by atoms with Crippen molar-refractivity contribution in [2.45, 2.75) is 58.2 Å². The second-order valence-electron chi connectivity index (χ2n) is 6.14. The molecule has 2 nitrogen and oxygen atoms in total. The third-order valence-electron chi connectivity index (χ3n) is 4.33. The van der Waals surface area contributed by atoms with Crippen LogP contribution in [0.1, 0.15) is 51.3 Å². The van der Waals surface area contributed by atoms with Gasteiger partial charge in [-0.3, -0.25) is 0 Å². The average Bonchev–Trinajstić information content (AvgIpc) is 3.03. The van der Waals surface area contributed by atoms with Crippen molar-refractivity contribution in [1.82, 2.24) is 9.88 Å². The summed E-state index contributed by atoms with van der Waals surface area (Å²) in [5.41, 5.74) is 1.93. The Labute approximate surface area is 120 Å². The summed E-state index contributed by atoms with van der Waals surface area (Å²) < 4.78 is 16.3. The highest BCUT2D eigenvalue weighted by Gasteiger charge is 2.17. The van der Waals surface area contributed by atoms with E-state index in [1.54, 1.807) is 12.1 Å². The number of benzene rings is 1. The fourth-order valence-corrected chi connectivity index (χ4v) is 3.40. The lowest BCUT2D eigenvalue weighted by Crippen LogP contribution is -2.26. The molecule has 1 heterocycles. The number of hydrogen-bond donors (Lipinski definition) is 1. The highest BCUT2D eigenvalue weighted by Crippen LogP contribution is 2.27. The predicted octanol–water partition coefficient (Wildman–Crippen LogP) is 4.39. The van der Waals surface area contributed by atoms with E-state index in [9.17, 15) is 4.39 Å². The Morgan fingerprint density at radius 3 is 2.75 bits per heavy atom. The molecule has 0 bridgehead atoms. The standard InChI is InChI=1S/C17H23FN2/c1-12(2)20-15(11-19-14-7-3-4-8-14)10-13-6-5-9-16(18)17(13)20/h5-6,9-10,12,14,19H,3-4,7-8,11H2,1-2H3. The molecule has 2 aromatic rings. The van der Waals surface area contributed by atoms with Crippen LogP contribution >= 0.6 is 0 Å². The van der Waals surface area contributed by atoms with E-state index in [0.29, 0.717) is 6.04 Å². The molecule has 0 radical (unpaired) electrons. The molecule has 0 atom stereocenters. The Bertz CT molecular complexity index is 594. The molecule has 3 rings (SSSR count). The lowest BCUT2D eigenvalue weighted by molar-refractivity contribution is 0.494. The minimum atomic E-state index is -0.122. The fraction of sp³-hybridized carbons (Fsp3) is 0.529. The van der Waals surface area contributed by atoms with Crippen LogP contribution in [0.15, 0.2) is 24.3 Å². The molecular formula is C17H23FN2. The van der Waals surface area contributed by atoms with Crippen molar-refractivity contribution in [2.24, 2.45) is 0 Å². The van der Waals surface area contributed by atoms with Crippen LogP contribution < -0.4 is 5.32 Å². The molecule has 0 saturated heterocycles. The number of rotatable bonds is 4. The summed E-state index contributed by atoms with van der Waals surface area (Å²) in [7, 11) is 0. The molecule has 1 aliphatic rings. The number of aromatic nitrogens is 1. The Morgan fingerprint density at radius 1 is 1.30 bits per heavy atom. The first kappa shape index (κ1) is 13.6. The Hall–Kier alpha value is -1.35. The van der Waals surface area contributed by atoms with E-state index in [4.69, 9.17) is 0 Å². The van der Waals surface area contributed by atoms with Crippen LogP contribution in [0.5, 0.6) is 0 Å². The van der Waals surface area contributed by atoms with E-state index in [2.05, 4.69) is 29.8 Å². The summed E-state index contributed by atoms with van der Waals surface area (Å²) in [5.74, 6) is -0.122. The van der Waals surface area contributed by atoms with Gasteiger partial charge in [0.25, 0.3) is 0 Å². The summed E-state index contributed by atoms with van der Waals surface area (Å²) in [5, 5.41) is 4.63. The highest BCUT2D eigenvalue weighted by molar-refractivity contribution is 5.82. The zero-order valence-corrected chi connectivity index (χ0v) is 12.3. The topological polar surface area (TPSA) is 17.0 Å². The van der Waals surface area contributed by atoms with Gasteiger partial charge in [-0.05, 0) is 38.8 Å². The second kappa shape index (κ2) is 5.57. The largest absolute Gasteiger partial charge is 0.338 e. The van der Waals surface area contributed by atoms with Gasteiger partial charge in [0.15, 0.2) is 0 Å². The predicted molar refractivity (Wildman–Crippen MR) is 81.4 cm³/mol. The van der Waals surface area contributed by atoms with Crippen molar-refractivity contribution in [3.63, 3.8) is 0 Å². The molecule has 0 aliphatic heterocycles. The van der Waals surface area contributed by atoms with E-state index >= 15 is 0 Å². The van der Waals surface area contributed by atoms with Crippen LogP contribution in [-0.2, 0) is 6.54 Å². The number of fused-ring (bicyclic) bond motifs is 1.